The summed E-state index contributed by atoms with van der Waals surface area (Å²) in [5.74, 6) is 0.310. The molecule has 0 aliphatic heterocycles. The van der Waals surface area contributed by atoms with Crippen molar-refractivity contribution in [2.75, 3.05) is 5.32 Å². The number of rotatable bonds is 3. The molecule has 3 aromatic heterocycles. The van der Waals surface area contributed by atoms with E-state index in [1.165, 1.54) is 0 Å². The van der Waals surface area contributed by atoms with Gasteiger partial charge in [-0.3, -0.25) is 9.48 Å². The van der Waals surface area contributed by atoms with Crippen molar-refractivity contribution in [3.8, 4) is 11.5 Å². The predicted molar refractivity (Wildman–Crippen MR) is 110 cm³/mol. The number of benzene rings is 1. The van der Waals surface area contributed by atoms with Gasteiger partial charge in [-0.15, -0.1) is 0 Å². The number of hydrogen-bond acceptors (Lipinski definition) is 4. The van der Waals surface area contributed by atoms with Gasteiger partial charge in [-0.25, -0.2) is 4.98 Å². The van der Waals surface area contributed by atoms with Crippen molar-refractivity contribution in [1.82, 2.24) is 14.8 Å². The third-order valence-electron chi connectivity index (χ3n) is 4.66. The first-order chi connectivity index (χ1) is 13.3. The molecule has 1 aromatic carbocycles. The molecule has 0 saturated carbocycles. The number of nitrogens with zero attached hydrogens (tertiary/aromatic N) is 3. The van der Waals surface area contributed by atoms with Crippen LogP contribution in [0.4, 0.5) is 5.69 Å². The summed E-state index contributed by atoms with van der Waals surface area (Å²) in [6.07, 6.45) is 1.57. The Morgan fingerprint density at radius 3 is 2.68 bits per heavy atom. The maximum Gasteiger partial charge on any atom is 0.256 e. The number of carbonyl (C=O) groups is 1. The molecule has 0 aliphatic carbocycles. The highest BCUT2D eigenvalue weighted by molar-refractivity contribution is 6.34. The lowest BCUT2D eigenvalue weighted by Gasteiger charge is -2.13. The average Bonchev–Trinajstić information content (AvgIpc) is 3.26. The Balaban J connectivity index is 1.87. The number of anilines is 1. The monoisotopic (exact) mass is 394 g/mol. The Labute approximate surface area is 167 Å². The van der Waals surface area contributed by atoms with Crippen molar-refractivity contribution in [3.63, 3.8) is 0 Å². The number of fused-ring (bicyclic) bond motifs is 1. The fourth-order valence-electron chi connectivity index (χ4n) is 3.43. The number of carbonyl (C=O) groups excluding carboxylic acids is 1. The van der Waals surface area contributed by atoms with Gasteiger partial charge in [0.25, 0.3) is 5.91 Å². The molecule has 0 bridgehead atoms. The van der Waals surface area contributed by atoms with Gasteiger partial charge in [0.2, 0.25) is 0 Å². The molecule has 6 nitrogen and oxygen atoms in total. The first-order valence-electron chi connectivity index (χ1n) is 8.81. The average molecular weight is 395 g/mol. The highest BCUT2D eigenvalue weighted by Gasteiger charge is 2.21. The molecule has 0 unspecified atom stereocenters. The summed E-state index contributed by atoms with van der Waals surface area (Å²) in [7, 11) is 1.80. The van der Waals surface area contributed by atoms with Gasteiger partial charge in [-0.2, -0.15) is 5.10 Å². The Hall–Kier alpha value is -3.12. The normalized spacial score (nSPS) is 11.2. The van der Waals surface area contributed by atoms with Gasteiger partial charge < -0.3 is 9.73 Å². The maximum absolute atomic E-state index is 13.2. The van der Waals surface area contributed by atoms with Gasteiger partial charge in [0, 0.05) is 7.05 Å². The summed E-state index contributed by atoms with van der Waals surface area (Å²) < 4.78 is 7.14. The first kappa shape index (κ1) is 18.3. The second-order valence-electron chi connectivity index (χ2n) is 6.83. The molecular formula is C21H19ClN4O2. The zero-order valence-electron chi connectivity index (χ0n) is 16.0. The maximum atomic E-state index is 13.2. The molecule has 0 fully saturated rings. The summed E-state index contributed by atoms with van der Waals surface area (Å²) in [6.45, 7) is 5.74. The third-order valence-corrected chi connectivity index (χ3v) is 4.96. The van der Waals surface area contributed by atoms with Crippen molar-refractivity contribution in [3.05, 3.63) is 64.0 Å². The Kier molecular flexibility index (Phi) is 4.43. The van der Waals surface area contributed by atoms with Crippen LogP contribution in [0.2, 0.25) is 5.02 Å². The fourth-order valence-corrected chi connectivity index (χ4v) is 3.80. The van der Waals surface area contributed by atoms with Crippen LogP contribution in [0.1, 0.15) is 27.2 Å². The van der Waals surface area contributed by atoms with Crippen LogP contribution in [-0.4, -0.2) is 20.7 Å². The van der Waals surface area contributed by atoms with E-state index in [9.17, 15) is 4.79 Å². The molecule has 0 aliphatic rings. The lowest BCUT2D eigenvalue weighted by atomic mass is 10.1. The van der Waals surface area contributed by atoms with E-state index < -0.39 is 0 Å². The Bertz CT molecular complexity index is 1190. The molecule has 0 spiro atoms. The Morgan fingerprint density at radius 2 is 2.00 bits per heavy atom. The highest BCUT2D eigenvalue weighted by Crippen LogP contribution is 2.31. The molecule has 3 heterocycles. The van der Waals surface area contributed by atoms with Crippen LogP contribution in [0.3, 0.4) is 0 Å². The zero-order chi connectivity index (χ0) is 20.0. The van der Waals surface area contributed by atoms with Gasteiger partial charge in [-0.05, 0) is 56.2 Å². The minimum atomic E-state index is -0.273. The van der Waals surface area contributed by atoms with Gasteiger partial charge in [0.05, 0.1) is 33.6 Å². The van der Waals surface area contributed by atoms with E-state index >= 15 is 0 Å². The van der Waals surface area contributed by atoms with Crippen LogP contribution in [-0.2, 0) is 7.05 Å². The quantitative estimate of drug-likeness (QED) is 0.527. The summed E-state index contributed by atoms with van der Waals surface area (Å²) in [6, 6.07) is 9.12. The van der Waals surface area contributed by atoms with Crippen molar-refractivity contribution >= 4 is 34.2 Å². The number of halogens is 1. The number of aromatic nitrogens is 3. The molecule has 1 amide bonds. The van der Waals surface area contributed by atoms with Gasteiger partial charge in [-0.1, -0.05) is 17.7 Å². The number of furan rings is 1. The SMILES string of the molecule is Cc1cc(C)c(NC(=O)c2cc(-c3ccco3)nc3c2c(C)nn3C)c(Cl)c1. The summed E-state index contributed by atoms with van der Waals surface area (Å²) in [4.78, 5) is 17.9. The van der Waals surface area contributed by atoms with Crippen LogP contribution >= 0.6 is 11.6 Å². The van der Waals surface area contributed by atoms with E-state index in [1.54, 1.807) is 36.2 Å². The van der Waals surface area contributed by atoms with Gasteiger partial charge in [0.1, 0.15) is 5.69 Å². The number of hydrogen-bond donors (Lipinski definition) is 1. The molecule has 4 aromatic rings. The summed E-state index contributed by atoms with van der Waals surface area (Å²) in [5, 5.41) is 8.59. The first-order valence-corrected chi connectivity index (χ1v) is 9.19. The third kappa shape index (κ3) is 3.05. The molecule has 0 saturated heterocycles. The lowest BCUT2D eigenvalue weighted by Crippen LogP contribution is -2.14. The molecule has 7 heteroatoms. The van der Waals surface area contributed by atoms with E-state index in [0.717, 1.165) is 16.8 Å². The number of aryl methyl sites for hydroxylation is 4. The van der Waals surface area contributed by atoms with Crippen LogP contribution in [0.5, 0.6) is 0 Å². The van der Waals surface area contributed by atoms with E-state index in [4.69, 9.17) is 16.0 Å². The molecule has 0 atom stereocenters. The second-order valence-corrected chi connectivity index (χ2v) is 7.24. The molecule has 0 radical (unpaired) electrons. The smallest absolute Gasteiger partial charge is 0.256 e. The molecular weight excluding hydrogens is 376 g/mol. The highest BCUT2D eigenvalue weighted by atomic mass is 35.5. The number of nitrogens with one attached hydrogen (secondary N) is 1. The predicted octanol–water partition coefficient (Wildman–Crippen LogP) is 5.06. The second kappa shape index (κ2) is 6.80. The van der Waals surface area contributed by atoms with E-state index in [-0.39, 0.29) is 5.91 Å². The fraction of sp³-hybridized carbons (Fsp3) is 0.190. The molecule has 1 N–H and O–H groups in total. The Morgan fingerprint density at radius 1 is 1.21 bits per heavy atom. The van der Waals surface area contributed by atoms with Crippen molar-refractivity contribution in [1.29, 1.82) is 0 Å². The number of amides is 1. The van der Waals surface area contributed by atoms with Crippen LogP contribution in [0, 0.1) is 20.8 Å². The zero-order valence-corrected chi connectivity index (χ0v) is 16.8. The van der Waals surface area contributed by atoms with Crippen LogP contribution in [0.15, 0.2) is 41.0 Å². The lowest BCUT2D eigenvalue weighted by molar-refractivity contribution is 0.102. The van der Waals surface area contributed by atoms with Crippen LogP contribution in [0.25, 0.3) is 22.5 Å². The summed E-state index contributed by atoms with van der Waals surface area (Å²) in [5.41, 5.74) is 4.92. The van der Waals surface area contributed by atoms with E-state index in [0.29, 0.717) is 38.8 Å². The summed E-state index contributed by atoms with van der Waals surface area (Å²) >= 11 is 6.37. The molecule has 142 valence electrons. The van der Waals surface area contributed by atoms with E-state index in [1.807, 2.05) is 32.9 Å². The largest absolute Gasteiger partial charge is 0.463 e. The number of pyridine rings is 1. The van der Waals surface area contributed by atoms with Crippen molar-refractivity contribution in [2.24, 2.45) is 7.05 Å². The molecule has 28 heavy (non-hydrogen) atoms. The standard InChI is InChI=1S/C21H19ClN4O2/c1-11-8-12(2)19(15(22)9-11)24-21(27)14-10-16(17-6-5-7-28-17)23-20-18(14)13(3)25-26(20)4/h5-10H,1-4H3,(H,24,27). The van der Waals surface area contributed by atoms with Crippen LogP contribution < -0.4 is 5.32 Å². The topological polar surface area (TPSA) is 73.0 Å². The minimum absolute atomic E-state index is 0.273. The van der Waals surface area contributed by atoms with Crippen molar-refractivity contribution in [2.45, 2.75) is 20.8 Å². The van der Waals surface area contributed by atoms with E-state index in [2.05, 4.69) is 15.4 Å². The molecule has 4 rings (SSSR count). The van der Waals surface area contributed by atoms with Gasteiger partial charge >= 0.3 is 0 Å². The van der Waals surface area contributed by atoms with Crippen molar-refractivity contribution < 1.29 is 9.21 Å². The van der Waals surface area contributed by atoms with Gasteiger partial charge in [0.15, 0.2) is 11.4 Å². The minimum Gasteiger partial charge on any atom is -0.463 e.